The molecule has 0 fully saturated rings. The molecule has 0 radical (unpaired) electrons. The molecule has 4 nitrogen and oxygen atoms in total. The molecule has 1 aromatic heterocycles. The van der Waals surface area contributed by atoms with E-state index in [4.69, 9.17) is 5.73 Å². The first kappa shape index (κ1) is 14.4. The number of likely N-dealkylation sites (N-methyl/N-ethyl adjacent to an activating group) is 1. The second kappa shape index (κ2) is 6.43. The van der Waals surface area contributed by atoms with Gasteiger partial charge in [0.1, 0.15) is 0 Å². The van der Waals surface area contributed by atoms with E-state index < -0.39 is 0 Å². The minimum Gasteiger partial charge on any atom is -0.398 e. The summed E-state index contributed by atoms with van der Waals surface area (Å²) in [4.78, 5) is 14.4. The molecule has 0 aliphatic carbocycles. The van der Waals surface area contributed by atoms with Crippen molar-refractivity contribution in [1.82, 2.24) is 4.90 Å². The zero-order valence-corrected chi connectivity index (χ0v) is 12.5. The molecule has 2 rings (SSSR count). The SMILES string of the molecule is CN(C)C(=O)Cc1ccc(NCc2sccc2N)cc1. The molecule has 0 unspecified atom stereocenters. The van der Waals surface area contributed by atoms with Crippen LogP contribution in [0, 0.1) is 0 Å². The summed E-state index contributed by atoms with van der Waals surface area (Å²) in [6.07, 6.45) is 0.436. The quantitative estimate of drug-likeness (QED) is 0.889. The maximum Gasteiger partial charge on any atom is 0.226 e. The standard InChI is InChI=1S/C15H19N3OS/c1-18(2)15(19)9-11-3-5-12(6-4-11)17-10-14-13(16)7-8-20-14/h3-8,17H,9-10,16H2,1-2H3. The second-order valence-electron chi connectivity index (χ2n) is 4.81. The van der Waals surface area contributed by atoms with Gasteiger partial charge < -0.3 is 16.0 Å². The van der Waals surface area contributed by atoms with Crippen molar-refractivity contribution in [3.63, 3.8) is 0 Å². The zero-order chi connectivity index (χ0) is 14.5. The smallest absolute Gasteiger partial charge is 0.226 e. The minimum absolute atomic E-state index is 0.108. The lowest BCUT2D eigenvalue weighted by Gasteiger charge is -2.11. The van der Waals surface area contributed by atoms with Crippen molar-refractivity contribution in [2.24, 2.45) is 0 Å². The van der Waals surface area contributed by atoms with Crippen molar-refractivity contribution in [3.05, 3.63) is 46.2 Å². The van der Waals surface area contributed by atoms with Gasteiger partial charge in [0, 0.05) is 30.3 Å². The lowest BCUT2D eigenvalue weighted by Crippen LogP contribution is -2.23. The van der Waals surface area contributed by atoms with Gasteiger partial charge in [0.15, 0.2) is 0 Å². The molecule has 5 heteroatoms. The number of rotatable bonds is 5. The number of nitrogens with two attached hydrogens (primary N) is 1. The fourth-order valence-corrected chi connectivity index (χ4v) is 2.49. The van der Waals surface area contributed by atoms with Gasteiger partial charge in [0.05, 0.1) is 13.0 Å². The lowest BCUT2D eigenvalue weighted by molar-refractivity contribution is -0.127. The number of nitrogens with one attached hydrogen (secondary N) is 1. The number of hydrogen-bond donors (Lipinski definition) is 2. The van der Waals surface area contributed by atoms with Gasteiger partial charge in [-0.3, -0.25) is 4.79 Å². The predicted molar refractivity (Wildman–Crippen MR) is 84.9 cm³/mol. The summed E-state index contributed by atoms with van der Waals surface area (Å²) < 4.78 is 0. The Balaban J connectivity index is 1.91. The maximum absolute atomic E-state index is 11.6. The fourth-order valence-electron chi connectivity index (χ4n) is 1.75. The van der Waals surface area contributed by atoms with Crippen LogP contribution in [0.3, 0.4) is 0 Å². The van der Waals surface area contributed by atoms with Crippen molar-refractivity contribution in [1.29, 1.82) is 0 Å². The molecule has 1 amide bonds. The van der Waals surface area contributed by atoms with Gasteiger partial charge in [-0.25, -0.2) is 0 Å². The highest BCUT2D eigenvalue weighted by atomic mass is 32.1. The van der Waals surface area contributed by atoms with Crippen molar-refractivity contribution in [2.45, 2.75) is 13.0 Å². The van der Waals surface area contributed by atoms with Crippen LogP contribution in [0.15, 0.2) is 35.7 Å². The average molecular weight is 289 g/mol. The number of benzene rings is 1. The molecule has 0 bridgehead atoms. The molecule has 1 heterocycles. The molecule has 1 aromatic carbocycles. The first-order chi connectivity index (χ1) is 9.56. The van der Waals surface area contributed by atoms with E-state index in [0.29, 0.717) is 6.42 Å². The summed E-state index contributed by atoms with van der Waals surface area (Å²) in [7, 11) is 3.54. The number of anilines is 2. The van der Waals surface area contributed by atoms with Crippen LogP contribution in [0.5, 0.6) is 0 Å². The summed E-state index contributed by atoms with van der Waals surface area (Å²) in [6.45, 7) is 0.722. The highest BCUT2D eigenvalue weighted by molar-refractivity contribution is 7.10. The fraction of sp³-hybridized carbons (Fsp3) is 0.267. The van der Waals surface area contributed by atoms with E-state index in [2.05, 4.69) is 5.32 Å². The van der Waals surface area contributed by atoms with Crippen LogP contribution in [-0.4, -0.2) is 24.9 Å². The van der Waals surface area contributed by atoms with Crippen LogP contribution < -0.4 is 11.1 Å². The van der Waals surface area contributed by atoms with Gasteiger partial charge in [0.2, 0.25) is 5.91 Å². The third-order valence-corrected chi connectivity index (χ3v) is 3.98. The van der Waals surface area contributed by atoms with E-state index in [0.717, 1.165) is 28.4 Å². The summed E-state index contributed by atoms with van der Waals surface area (Å²) >= 11 is 1.65. The molecule has 106 valence electrons. The van der Waals surface area contributed by atoms with Crippen molar-refractivity contribution >= 4 is 28.6 Å². The Bertz CT molecular complexity index is 575. The Morgan fingerprint density at radius 1 is 1.25 bits per heavy atom. The van der Waals surface area contributed by atoms with Gasteiger partial charge in [-0.15, -0.1) is 11.3 Å². The topological polar surface area (TPSA) is 58.4 Å². The van der Waals surface area contributed by atoms with Gasteiger partial charge in [-0.2, -0.15) is 0 Å². The van der Waals surface area contributed by atoms with Crippen LogP contribution in [-0.2, 0) is 17.8 Å². The first-order valence-electron chi connectivity index (χ1n) is 6.41. The van der Waals surface area contributed by atoms with E-state index >= 15 is 0 Å². The molecule has 0 saturated carbocycles. The number of carbonyl (C=O) groups excluding carboxylic acids is 1. The Morgan fingerprint density at radius 3 is 2.50 bits per heavy atom. The molecular weight excluding hydrogens is 270 g/mol. The number of thiophene rings is 1. The second-order valence-corrected chi connectivity index (χ2v) is 5.82. The average Bonchev–Trinajstić information content (AvgIpc) is 2.83. The van der Waals surface area contributed by atoms with Crippen LogP contribution in [0.4, 0.5) is 11.4 Å². The van der Waals surface area contributed by atoms with Gasteiger partial charge in [-0.1, -0.05) is 12.1 Å². The van der Waals surface area contributed by atoms with Crippen LogP contribution >= 0.6 is 11.3 Å². The number of hydrogen-bond acceptors (Lipinski definition) is 4. The van der Waals surface area contributed by atoms with E-state index in [1.54, 1.807) is 30.3 Å². The largest absolute Gasteiger partial charge is 0.398 e. The monoisotopic (exact) mass is 289 g/mol. The van der Waals surface area contributed by atoms with Gasteiger partial charge >= 0.3 is 0 Å². The molecular formula is C15H19N3OS. The number of carbonyl (C=O) groups is 1. The van der Waals surface area contributed by atoms with E-state index in [1.807, 2.05) is 35.7 Å². The lowest BCUT2D eigenvalue weighted by atomic mass is 10.1. The van der Waals surface area contributed by atoms with Crippen LogP contribution in [0.2, 0.25) is 0 Å². The third kappa shape index (κ3) is 3.74. The summed E-state index contributed by atoms with van der Waals surface area (Å²) in [5.41, 5.74) is 8.71. The highest BCUT2D eigenvalue weighted by Gasteiger charge is 2.05. The highest BCUT2D eigenvalue weighted by Crippen LogP contribution is 2.20. The maximum atomic E-state index is 11.6. The Morgan fingerprint density at radius 2 is 1.95 bits per heavy atom. The Labute approximate surface area is 123 Å². The summed E-state index contributed by atoms with van der Waals surface area (Å²) in [5.74, 6) is 0.108. The van der Waals surface area contributed by atoms with E-state index in [9.17, 15) is 4.79 Å². The minimum atomic E-state index is 0.108. The van der Waals surface area contributed by atoms with Crippen LogP contribution in [0.25, 0.3) is 0 Å². The van der Waals surface area contributed by atoms with Crippen LogP contribution in [0.1, 0.15) is 10.4 Å². The van der Waals surface area contributed by atoms with Crippen molar-refractivity contribution in [3.8, 4) is 0 Å². The first-order valence-corrected chi connectivity index (χ1v) is 7.29. The molecule has 0 atom stereocenters. The molecule has 0 aliphatic heterocycles. The molecule has 3 N–H and O–H groups in total. The van der Waals surface area contributed by atoms with E-state index in [1.165, 1.54) is 0 Å². The number of amides is 1. The zero-order valence-electron chi connectivity index (χ0n) is 11.7. The van der Waals surface area contributed by atoms with Crippen molar-refractivity contribution < 1.29 is 4.79 Å². The molecule has 0 aliphatic rings. The van der Waals surface area contributed by atoms with Gasteiger partial charge in [-0.05, 0) is 29.1 Å². The Hall–Kier alpha value is -2.01. The Kier molecular flexibility index (Phi) is 4.63. The third-order valence-electron chi connectivity index (χ3n) is 3.04. The summed E-state index contributed by atoms with van der Waals surface area (Å²) in [5, 5.41) is 5.31. The normalized spacial score (nSPS) is 10.3. The van der Waals surface area contributed by atoms with E-state index in [-0.39, 0.29) is 5.91 Å². The number of nitrogens with zero attached hydrogens (tertiary/aromatic N) is 1. The molecule has 2 aromatic rings. The predicted octanol–water partition coefficient (Wildman–Crippen LogP) is 2.57. The number of nitrogen functional groups attached to an aromatic ring is 1. The van der Waals surface area contributed by atoms with Crippen molar-refractivity contribution in [2.75, 3.05) is 25.1 Å². The molecule has 20 heavy (non-hydrogen) atoms. The summed E-state index contributed by atoms with van der Waals surface area (Å²) in [6, 6.07) is 9.84. The molecule has 0 saturated heterocycles. The molecule has 0 spiro atoms. The van der Waals surface area contributed by atoms with Gasteiger partial charge in [0.25, 0.3) is 0 Å².